The van der Waals surface area contributed by atoms with Crippen LogP contribution in [-0.4, -0.2) is 0 Å². The molecule has 0 amide bonds. The Hall–Kier alpha value is -0.287. The minimum absolute atomic E-state index is 0. The Morgan fingerprint density at radius 2 is 1.00 bits per heavy atom. The van der Waals surface area contributed by atoms with Crippen molar-refractivity contribution in [2.75, 3.05) is 0 Å². The Kier molecular flexibility index (Phi) is 38.6. The molecule has 0 heterocycles. The average Bonchev–Trinajstić information content (AvgIpc) is 1.86. The van der Waals surface area contributed by atoms with Crippen LogP contribution >= 0.6 is 0 Å². The molecule has 0 nitrogen and oxygen atoms in total. The number of hydrogen-bond acceptors (Lipinski definition) is 0. The number of rotatable bonds is 0. The summed E-state index contributed by atoms with van der Waals surface area (Å²) in [4.78, 5) is 0. The Labute approximate surface area is 104 Å². The van der Waals surface area contributed by atoms with Crippen molar-refractivity contribution in [1.29, 1.82) is 0 Å². The van der Waals surface area contributed by atoms with Crippen LogP contribution in [0.5, 0.6) is 0 Å². The first-order valence-corrected chi connectivity index (χ1v) is 4.12. The van der Waals surface area contributed by atoms with Gasteiger partial charge in [-0.3, -0.25) is 0 Å². The second kappa shape index (κ2) is 23.0. The van der Waals surface area contributed by atoms with Gasteiger partial charge in [-0.05, 0) is 25.7 Å². The maximum absolute atomic E-state index is 3.25. The van der Waals surface area contributed by atoms with Crippen molar-refractivity contribution in [1.82, 2.24) is 0 Å². The summed E-state index contributed by atoms with van der Waals surface area (Å²) in [5.41, 5.74) is 0. The van der Waals surface area contributed by atoms with E-state index in [1.54, 1.807) is 0 Å². The van der Waals surface area contributed by atoms with Crippen LogP contribution < -0.4 is 0 Å². The molecule has 0 saturated carbocycles. The fourth-order valence-corrected chi connectivity index (χ4v) is 0.856. The molecule has 0 aromatic heterocycles. The van der Waals surface area contributed by atoms with Crippen LogP contribution in [0.25, 0.3) is 0 Å². The molecule has 0 aromatic rings. The third kappa shape index (κ3) is 22.6. The molecule has 1 radical (unpaired) electrons. The summed E-state index contributed by atoms with van der Waals surface area (Å²) in [7, 11) is 0. The molecule has 0 fully saturated rings. The van der Waals surface area contributed by atoms with Crippen molar-refractivity contribution in [3.05, 3.63) is 58.7 Å². The minimum atomic E-state index is 0. The van der Waals surface area contributed by atoms with Gasteiger partial charge in [0.25, 0.3) is 0 Å². The first kappa shape index (κ1) is 23.5. The zero-order chi connectivity index (χ0) is 8.36. The van der Waals surface area contributed by atoms with Crippen molar-refractivity contribution >= 4 is 0 Å². The van der Waals surface area contributed by atoms with Gasteiger partial charge in [0.2, 0.25) is 0 Å². The van der Waals surface area contributed by atoms with Crippen molar-refractivity contribution < 1.29 is 19.5 Å². The van der Waals surface area contributed by atoms with E-state index < -0.39 is 0 Å². The summed E-state index contributed by atoms with van der Waals surface area (Å²) in [6.45, 7) is 6.50. The quantitative estimate of drug-likeness (QED) is 0.346. The van der Waals surface area contributed by atoms with Gasteiger partial charge < -0.3 is 14.9 Å². The Bertz CT molecular complexity index is 108. The van der Waals surface area contributed by atoms with Gasteiger partial charge in [0.1, 0.15) is 0 Å². The maximum atomic E-state index is 3.25. The standard InChI is InChI=1S/C8H12.C3H5.2CH3.Ru/c1-2-4-6-8-7-5-3-1;1-3-2;;;/h1-2,7-8H,3-6H2;3H,1-2H2;2*1H3;/q;3*-1;+3. The second-order valence-electron chi connectivity index (χ2n) is 2.39. The predicted octanol–water partition coefficient (Wildman–Crippen LogP) is 4.58. The van der Waals surface area contributed by atoms with Gasteiger partial charge in [-0.2, -0.15) is 0 Å². The summed E-state index contributed by atoms with van der Waals surface area (Å²) in [6.07, 6.45) is 15.5. The van der Waals surface area contributed by atoms with E-state index in [2.05, 4.69) is 37.8 Å². The van der Waals surface area contributed by atoms with Crippen LogP contribution in [0.15, 0.2) is 37.0 Å². The van der Waals surface area contributed by atoms with Crippen LogP contribution in [0.2, 0.25) is 0 Å². The molecule has 0 bridgehead atoms. The molecular formula is C13H23Ru. The van der Waals surface area contributed by atoms with Crippen molar-refractivity contribution in [3.63, 3.8) is 0 Å². The number of allylic oxidation sites excluding steroid dienone is 5. The molecule has 0 N–H and O–H groups in total. The van der Waals surface area contributed by atoms with Crippen molar-refractivity contribution in [2.24, 2.45) is 0 Å². The van der Waals surface area contributed by atoms with E-state index in [0.717, 1.165) is 0 Å². The summed E-state index contributed by atoms with van der Waals surface area (Å²) in [5.74, 6) is 0. The van der Waals surface area contributed by atoms with E-state index in [1.165, 1.54) is 31.8 Å². The molecule has 0 saturated heterocycles. The molecule has 1 rings (SSSR count). The Morgan fingerprint density at radius 1 is 0.857 bits per heavy atom. The third-order valence-corrected chi connectivity index (χ3v) is 1.33. The molecule has 1 heteroatoms. The van der Waals surface area contributed by atoms with Crippen LogP contribution in [0.4, 0.5) is 0 Å². The van der Waals surface area contributed by atoms with Crippen LogP contribution in [0.3, 0.4) is 0 Å². The van der Waals surface area contributed by atoms with Gasteiger partial charge in [0, 0.05) is 0 Å². The smallest absolute Gasteiger partial charge is 0.358 e. The third-order valence-electron chi connectivity index (χ3n) is 1.33. The van der Waals surface area contributed by atoms with E-state index in [-0.39, 0.29) is 34.3 Å². The van der Waals surface area contributed by atoms with E-state index >= 15 is 0 Å². The van der Waals surface area contributed by atoms with Gasteiger partial charge in [0.15, 0.2) is 0 Å². The monoisotopic (exact) mass is 281 g/mol. The second-order valence-corrected chi connectivity index (χ2v) is 2.39. The fraction of sp³-hybridized carbons (Fsp3) is 0.308. The average molecular weight is 280 g/mol. The molecule has 14 heavy (non-hydrogen) atoms. The molecule has 1 aliphatic carbocycles. The molecular weight excluding hydrogens is 257 g/mol. The molecule has 0 spiro atoms. The van der Waals surface area contributed by atoms with E-state index in [0.29, 0.717) is 0 Å². The molecule has 0 atom stereocenters. The van der Waals surface area contributed by atoms with E-state index in [4.69, 9.17) is 0 Å². The summed E-state index contributed by atoms with van der Waals surface area (Å²) in [6, 6.07) is 0. The number of hydrogen-bond donors (Lipinski definition) is 0. The SMILES string of the molecule is C1=CCCC=CCC1.C=C[CH2-].[CH3-].[CH3-].[Ru+3]. The molecule has 0 unspecified atom stereocenters. The molecule has 83 valence electrons. The van der Waals surface area contributed by atoms with Gasteiger partial charge >= 0.3 is 19.5 Å². The first-order valence-electron chi connectivity index (χ1n) is 4.12. The predicted molar refractivity (Wildman–Crippen MR) is 65.1 cm³/mol. The zero-order valence-electron chi connectivity index (χ0n) is 9.48. The normalized spacial score (nSPS) is 12.3. The molecule has 0 aliphatic heterocycles. The fourth-order valence-electron chi connectivity index (χ4n) is 0.856. The topological polar surface area (TPSA) is 0 Å². The van der Waals surface area contributed by atoms with Crippen molar-refractivity contribution in [2.45, 2.75) is 25.7 Å². The first-order chi connectivity index (χ1) is 5.41. The molecule has 1 aliphatic rings. The van der Waals surface area contributed by atoms with Gasteiger partial charge in [-0.1, -0.05) is 24.3 Å². The van der Waals surface area contributed by atoms with Gasteiger partial charge in [-0.15, -0.1) is 0 Å². The van der Waals surface area contributed by atoms with E-state index in [1.807, 2.05) is 0 Å². The Balaban J connectivity index is -0.0000000758. The van der Waals surface area contributed by atoms with Crippen molar-refractivity contribution in [3.8, 4) is 0 Å². The summed E-state index contributed by atoms with van der Waals surface area (Å²) >= 11 is 0. The minimum Gasteiger partial charge on any atom is -0.358 e. The molecule has 0 aromatic carbocycles. The van der Waals surface area contributed by atoms with Crippen LogP contribution in [0, 0.1) is 21.8 Å². The van der Waals surface area contributed by atoms with E-state index in [9.17, 15) is 0 Å². The van der Waals surface area contributed by atoms with Gasteiger partial charge in [-0.25, -0.2) is 19.6 Å². The van der Waals surface area contributed by atoms with Crippen LogP contribution in [-0.2, 0) is 19.5 Å². The summed E-state index contributed by atoms with van der Waals surface area (Å²) in [5, 5.41) is 0. The summed E-state index contributed by atoms with van der Waals surface area (Å²) < 4.78 is 0. The largest absolute Gasteiger partial charge is 3.00 e. The Morgan fingerprint density at radius 3 is 1.14 bits per heavy atom. The van der Waals surface area contributed by atoms with Gasteiger partial charge in [0.05, 0.1) is 0 Å². The zero-order valence-corrected chi connectivity index (χ0v) is 11.2. The maximum Gasteiger partial charge on any atom is 3.00 e. The van der Waals surface area contributed by atoms with Crippen LogP contribution in [0.1, 0.15) is 25.7 Å².